The Labute approximate surface area is 206 Å². The summed E-state index contributed by atoms with van der Waals surface area (Å²) in [5.74, 6) is 2.79. The van der Waals surface area contributed by atoms with Crippen LogP contribution >= 0.6 is 0 Å². The molecule has 0 N–H and O–H groups in total. The van der Waals surface area contributed by atoms with Crippen molar-refractivity contribution in [3.8, 4) is 11.5 Å². The van der Waals surface area contributed by atoms with Crippen molar-refractivity contribution >= 4 is 22.6 Å². The van der Waals surface area contributed by atoms with Crippen LogP contribution in [0.25, 0.3) is 11.0 Å². The van der Waals surface area contributed by atoms with E-state index in [1.807, 2.05) is 54.3 Å². The van der Waals surface area contributed by atoms with E-state index in [-0.39, 0.29) is 11.8 Å². The molecular weight excluding hydrogens is 438 g/mol. The number of rotatable bonds is 8. The number of benzene rings is 3. The molecule has 1 saturated heterocycles. The number of amides is 1. The lowest BCUT2D eigenvalue weighted by Gasteiger charge is -2.18. The number of aryl methyl sites for hydroxylation is 2. The van der Waals surface area contributed by atoms with E-state index in [0.29, 0.717) is 32.7 Å². The van der Waals surface area contributed by atoms with E-state index in [1.54, 1.807) is 0 Å². The number of imidazole rings is 1. The van der Waals surface area contributed by atoms with Crippen LogP contribution in [0.5, 0.6) is 11.5 Å². The third kappa shape index (κ3) is 4.74. The average molecular weight is 470 g/mol. The molecule has 1 fully saturated rings. The Morgan fingerprint density at radius 2 is 1.80 bits per heavy atom. The molecule has 6 heteroatoms. The molecule has 1 aliphatic rings. The summed E-state index contributed by atoms with van der Waals surface area (Å²) in [5.41, 5.74) is 5.21. The Bertz CT molecular complexity index is 1340. The maximum atomic E-state index is 13.0. The predicted molar refractivity (Wildman–Crippen MR) is 138 cm³/mol. The van der Waals surface area contributed by atoms with Gasteiger partial charge in [0.05, 0.1) is 24.2 Å². The topological polar surface area (TPSA) is 56.6 Å². The summed E-state index contributed by atoms with van der Waals surface area (Å²) in [6, 6.07) is 22.1. The number of para-hydroxylation sites is 2. The summed E-state index contributed by atoms with van der Waals surface area (Å²) >= 11 is 0. The Morgan fingerprint density at radius 1 is 1.00 bits per heavy atom. The average Bonchev–Trinajstić information content (AvgIpc) is 3.42. The van der Waals surface area contributed by atoms with Gasteiger partial charge >= 0.3 is 0 Å². The first kappa shape index (κ1) is 23.0. The number of carbonyl (C=O) groups excluding carboxylic acids is 1. The molecule has 0 spiro atoms. The van der Waals surface area contributed by atoms with Gasteiger partial charge in [-0.15, -0.1) is 0 Å². The zero-order chi connectivity index (χ0) is 24.4. The Morgan fingerprint density at radius 3 is 2.60 bits per heavy atom. The normalized spacial score (nSPS) is 15.7. The second kappa shape index (κ2) is 9.82. The number of fused-ring (bicyclic) bond motifs is 1. The van der Waals surface area contributed by atoms with Crippen molar-refractivity contribution in [3.63, 3.8) is 0 Å². The number of anilines is 1. The summed E-state index contributed by atoms with van der Waals surface area (Å²) in [4.78, 5) is 19.8. The Hall–Kier alpha value is -3.80. The minimum atomic E-state index is 0.0159. The van der Waals surface area contributed by atoms with E-state index in [9.17, 15) is 4.79 Å². The third-order valence-corrected chi connectivity index (χ3v) is 6.55. The maximum Gasteiger partial charge on any atom is 0.227 e. The van der Waals surface area contributed by atoms with Gasteiger partial charge in [-0.05, 0) is 74.4 Å². The van der Waals surface area contributed by atoms with Gasteiger partial charge in [0, 0.05) is 24.6 Å². The van der Waals surface area contributed by atoms with Crippen LogP contribution < -0.4 is 14.4 Å². The summed E-state index contributed by atoms with van der Waals surface area (Å²) in [5, 5.41) is 0. The molecular formula is C29H31N3O3. The Kier molecular flexibility index (Phi) is 6.45. The minimum absolute atomic E-state index is 0.0159. The molecule has 35 heavy (non-hydrogen) atoms. The summed E-state index contributed by atoms with van der Waals surface area (Å²) in [6.07, 6.45) is 0.439. The summed E-state index contributed by atoms with van der Waals surface area (Å²) in [7, 11) is 0. The van der Waals surface area contributed by atoms with Crippen LogP contribution in [0.15, 0.2) is 66.7 Å². The maximum absolute atomic E-state index is 13.0. The van der Waals surface area contributed by atoms with Crippen molar-refractivity contribution in [2.24, 2.45) is 0 Å². The third-order valence-electron chi connectivity index (χ3n) is 6.55. The van der Waals surface area contributed by atoms with Gasteiger partial charge in [-0.3, -0.25) is 4.79 Å². The van der Waals surface area contributed by atoms with Crippen LogP contribution in [0, 0.1) is 13.8 Å². The van der Waals surface area contributed by atoms with E-state index < -0.39 is 0 Å². The van der Waals surface area contributed by atoms with Crippen molar-refractivity contribution in [2.75, 3.05) is 24.7 Å². The summed E-state index contributed by atoms with van der Waals surface area (Å²) < 4.78 is 13.9. The smallest absolute Gasteiger partial charge is 0.227 e. The highest BCUT2D eigenvalue weighted by Gasteiger charge is 2.34. The molecule has 0 radical (unpaired) electrons. The molecule has 1 amide bonds. The molecule has 4 aromatic rings. The molecule has 0 saturated carbocycles. The van der Waals surface area contributed by atoms with Gasteiger partial charge in [-0.2, -0.15) is 0 Å². The molecule has 5 rings (SSSR count). The molecule has 0 unspecified atom stereocenters. The van der Waals surface area contributed by atoms with Crippen molar-refractivity contribution in [1.29, 1.82) is 0 Å². The van der Waals surface area contributed by atoms with Crippen LogP contribution in [0.2, 0.25) is 0 Å². The first-order chi connectivity index (χ1) is 17.0. The lowest BCUT2D eigenvalue weighted by atomic mass is 10.1. The molecule has 1 atom stereocenters. The predicted octanol–water partition coefficient (Wildman–Crippen LogP) is 5.65. The van der Waals surface area contributed by atoms with Crippen molar-refractivity contribution < 1.29 is 14.3 Å². The number of carbonyl (C=O) groups is 1. The molecule has 1 aliphatic heterocycles. The first-order valence-electron chi connectivity index (χ1n) is 12.2. The lowest BCUT2D eigenvalue weighted by molar-refractivity contribution is -0.117. The number of hydrogen-bond acceptors (Lipinski definition) is 4. The fourth-order valence-electron chi connectivity index (χ4n) is 4.77. The van der Waals surface area contributed by atoms with Crippen LogP contribution in [0.4, 0.5) is 5.69 Å². The highest BCUT2D eigenvalue weighted by Crippen LogP contribution is 2.34. The van der Waals surface area contributed by atoms with E-state index >= 15 is 0 Å². The van der Waals surface area contributed by atoms with E-state index in [1.165, 1.54) is 5.56 Å². The fraction of sp³-hybridized carbons (Fsp3) is 0.310. The second-order valence-electron chi connectivity index (χ2n) is 9.06. The van der Waals surface area contributed by atoms with E-state index in [0.717, 1.165) is 39.6 Å². The molecule has 6 nitrogen and oxygen atoms in total. The van der Waals surface area contributed by atoms with Gasteiger partial charge < -0.3 is 18.9 Å². The fourth-order valence-corrected chi connectivity index (χ4v) is 4.77. The quantitative estimate of drug-likeness (QED) is 0.335. The minimum Gasteiger partial charge on any atom is -0.494 e. The SMILES string of the molecule is CCOc1ccc(N2C[C@H](c3nc4ccccc4n3CCOc3cc(C)ccc3C)CC2=O)cc1. The summed E-state index contributed by atoms with van der Waals surface area (Å²) in [6.45, 7) is 8.51. The molecule has 0 bridgehead atoms. The van der Waals surface area contributed by atoms with Crippen LogP contribution in [-0.2, 0) is 11.3 Å². The van der Waals surface area contributed by atoms with E-state index in [4.69, 9.17) is 14.5 Å². The number of ether oxygens (including phenoxy) is 2. The molecule has 3 aromatic carbocycles. The Balaban J connectivity index is 1.37. The van der Waals surface area contributed by atoms with Crippen molar-refractivity contribution in [1.82, 2.24) is 9.55 Å². The lowest BCUT2D eigenvalue weighted by Crippen LogP contribution is -2.24. The highest BCUT2D eigenvalue weighted by molar-refractivity contribution is 5.96. The van der Waals surface area contributed by atoms with Crippen molar-refractivity contribution in [2.45, 2.75) is 39.7 Å². The van der Waals surface area contributed by atoms with Gasteiger partial charge in [-0.25, -0.2) is 4.98 Å². The van der Waals surface area contributed by atoms with Gasteiger partial charge in [0.25, 0.3) is 0 Å². The van der Waals surface area contributed by atoms with Gasteiger partial charge in [-0.1, -0.05) is 24.3 Å². The molecule has 1 aromatic heterocycles. The zero-order valence-electron chi connectivity index (χ0n) is 20.5. The van der Waals surface area contributed by atoms with Crippen LogP contribution in [0.1, 0.15) is 36.2 Å². The number of hydrogen-bond donors (Lipinski definition) is 0. The van der Waals surface area contributed by atoms with Gasteiger partial charge in [0.1, 0.15) is 23.9 Å². The molecule has 2 heterocycles. The van der Waals surface area contributed by atoms with Gasteiger partial charge in [0.2, 0.25) is 5.91 Å². The van der Waals surface area contributed by atoms with Gasteiger partial charge in [0.15, 0.2) is 0 Å². The number of nitrogens with zero attached hydrogens (tertiary/aromatic N) is 3. The zero-order valence-corrected chi connectivity index (χ0v) is 20.5. The largest absolute Gasteiger partial charge is 0.494 e. The standard InChI is InChI=1S/C29H31N3O3/c1-4-34-24-13-11-23(12-14-24)32-19-22(18-28(32)33)29-30-25-7-5-6-8-26(25)31(29)15-16-35-27-17-20(2)9-10-21(27)3/h5-14,17,22H,4,15-16,18-19H2,1-3H3/t22-/m1/s1. The van der Waals surface area contributed by atoms with Crippen LogP contribution in [-0.4, -0.2) is 35.2 Å². The van der Waals surface area contributed by atoms with E-state index in [2.05, 4.69) is 42.7 Å². The van der Waals surface area contributed by atoms with Crippen LogP contribution in [0.3, 0.4) is 0 Å². The first-order valence-corrected chi connectivity index (χ1v) is 12.2. The van der Waals surface area contributed by atoms with Crippen molar-refractivity contribution in [3.05, 3.63) is 83.7 Å². The monoisotopic (exact) mass is 469 g/mol. The second-order valence-corrected chi connectivity index (χ2v) is 9.06. The molecule has 180 valence electrons. The number of aromatic nitrogens is 2. The highest BCUT2D eigenvalue weighted by atomic mass is 16.5. The molecule has 0 aliphatic carbocycles.